The van der Waals surface area contributed by atoms with Gasteiger partial charge in [0.05, 0.1) is 0 Å². The molecule has 27 heavy (non-hydrogen) atoms. The topological polar surface area (TPSA) is 96.9 Å². The van der Waals surface area contributed by atoms with Crippen molar-refractivity contribution >= 4 is 42.0 Å². The fourth-order valence-corrected chi connectivity index (χ4v) is 13.4. The summed E-state index contributed by atoms with van der Waals surface area (Å²) in [4.78, 5) is 40.8. The van der Waals surface area contributed by atoms with E-state index in [1.54, 1.807) is 54.6 Å². The molecule has 1 aliphatic heterocycles. The second-order valence-electron chi connectivity index (χ2n) is 6.07. The van der Waals surface area contributed by atoms with Gasteiger partial charge in [0, 0.05) is 0 Å². The first kappa shape index (κ1) is 18.4. The lowest BCUT2D eigenvalue weighted by atomic mass is 10.4. The Morgan fingerprint density at radius 1 is 0.407 bits per heavy atom. The van der Waals surface area contributed by atoms with E-state index in [1.807, 2.05) is 0 Å². The minimum atomic E-state index is -4.53. The van der Waals surface area contributed by atoms with E-state index in [-0.39, 0.29) is 15.6 Å². The summed E-state index contributed by atoms with van der Waals surface area (Å²) < 4.78 is 16.5. The fraction of sp³-hybridized carbons (Fsp3) is 0. The second kappa shape index (κ2) is 6.91. The van der Waals surface area contributed by atoms with Crippen LogP contribution in [0.2, 0.25) is 0 Å². The Morgan fingerprint density at radius 2 is 0.630 bits per heavy atom. The Balaban J connectivity index is 1.85. The van der Waals surface area contributed by atoms with Gasteiger partial charge in [0.25, 0.3) is 26.4 Å². The Labute approximate surface area is 160 Å². The maximum atomic E-state index is 13.6. The van der Waals surface area contributed by atoms with Crippen LogP contribution in [0, 0.1) is 0 Å². The average Bonchev–Trinajstić information content (AvgIpc) is 2.69. The van der Waals surface area contributed by atoms with Crippen LogP contribution < -0.4 is 29.9 Å². The SMILES string of the molecule is [O-][Si]1(c2ccccc2)O[Si]([O-])(c2ccccc2)O[Si]([O-])(c2ccccc2)O1. The van der Waals surface area contributed by atoms with E-state index in [0.717, 1.165) is 0 Å². The highest BCUT2D eigenvalue weighted by Gasteiger charge is 2.48. The van der Waals surface area contributed by atoms with Gasteiger partial charge in [-0.05, 0) is 15.6 Å². The van der Waals surface area contributed by atoms with Gasteiger partial charge in [-0.1, -0.05) is 91.0 Å². The zero-order valence-corrected chi connectivity index (χ0v) is 17.1. The van der Waals surface area contributed by atoms with Gasteiger partial charge in [-0.2, -0.15) is 0 Å². The molecule has 1 aliphatic rings. The lowest BCUT2D eigenvalue weighted by Crippen LogP contribution is -2.90. The second-order valence-corrected chi connectivity index (χ2v) is 13.6. The molecular formula is C18H15O6Si3-3. The molecule has 0 amide bonds. The van der Waals surface area contributed by atoms with Crippen LogP contribution in [0.1, 0.15) is 0 Å². The van der Waals surface area contributed by atoms with Crippen molar-refractivity contribution in [2.45, 2.75) is 0 Å². The molecule has 0 spiro atoms. The van der Waals surface area contributed by atoms with Crippen LogP contribution in [0.15, 0.2) is 91.0 Å². The molecule has 1 heterocycles. The molecule has 0 unspecified atom stereocenters. The molecular weight excluding hydrogens is 396 g/mol. The van der Waals surface area contributed by atoms with Crippen molar-refractivity contribution in [2.75, 3.05) is 0 Å². The minimum Gasteiger partial charge on any atom is -0.814 e. The largest absolute Gasteiger partial charge is 0.814 e. The summed E-state index contributed by atoms with van der Waals surface area (Å²) >= 11 is 0. The van der Waals surface area contributed by atoms with Crippen LogP contribution in [-0.2, 0) is 12.3 Å². The third kappa shape index (κ3) is 3.48. The van der Waals surface area contributed by atoms with Gasteiger partial charge >= 0.3 is 0 Å². The smallest absolute Gasteiger partial charge is 0.260 e. The molecule has 0 N–H and O–H groups in total. The maximum absolute atomic E-state index is 13.6. The molecule has 0 radical (unpaired) electrons. The first-order chi connectivity index (χ1) is 12.9. The van der Waals surface area contributed by atoms with E-state index < -0.39 is 26.4 Å². The van der Waals surface area contributed by atoms with Crippen molar-refractivity contribution in [3.8, 4) is 0 Å². The van der Waals surface area contributed by atoms with E-state index in [1.165, 1.54) is 36.4 Å². The summed E-state index contributed by atoms with van der Waals surface area (Å²) in [5.41, 5.74) is 0. The number of rotatable bonds is 3. The van der Waals surface area contributed by atoms with Crippen molar-refractivity contribution in [1.29, 1.82) is 0 Å². The van der Waals surface area contributed by atoms with Crippen molar-refractivity contribution in [1.82, 2.24) is 0 Å². The summed E-state index contributed by atoms with van der Waals surface area (Å²) in [6, 6.07) is 24.3. The van der Waals surface area contributed by atoms with Crippen molar-refractivity contribution in [2.24, 2.45) is 0 Å². The van der Waals surface area contributed by atoms with Crippen molar-refractivity contribution in [3.63, 3.8) is 0 Å². The number of hydrogen-bond acceptors (Lipinski definition) is 6. The summed E-state index contributed by atoms with van der Waals surface area (Å²) in [7, 11) is -13.6. The van der Waals surface area contributed by atoms with Gasteiger partial charge in [0.2, 0.25) is 0 Å². The summed E-state index contributed by atoms with van der Waals surface area (Å²) in [6.07, 6.45) is 0. The van der Waals surface area contributed by atoms with E-state index >= 15 is 0 Å². The highest BCUT2D eigenvalue weighted by Crippen LogP contribution is 2.22. The lowest BCUT2D eigenvalue weighted by molar-refractivity contribution is -0.329. The summed E-state index contributed by atoms with van der Waals surface area (Å²) in [6.45, 7) is 0. The maximum Gasteiger partial charge on any atom is 0.260 e. The van der Waals surface area contributed by atoms with Gasteiger partial charge in [0.1, 0.15) is 0 Å². The van der Waals surface area contributed by atoms with Crippen LogP contribution in [0.3, 0.4) is 0 Å². The number of benzene rings is 3. The molecule has 9 heteroatoms. The van der Waals surface area contributed by atoms with Gasteiger partial charge in [-0.25, -0.2) is 0 Å². The molecule has 0 atom stereocenters. The number of hydrogen-bond donors (Lipinski definition) is 0. The molecule has 0 aliphatic carbocycles. The Hall–Kier alpha value is -1.93. The predicted molar refractivity (Wildman–Crippen MR) is 98.7 cm³/mol. The first-order valence-electron chi connectivity index (χ1n) is 8.32. The standard InChI is InChI=1S/C18H15O6Si3/c19-25(16-10-4-1-5-11-16)22-26(20,17-12-6-2-7-13-17)24-27(21,23-25)18-14-8-3-9-15-18/h1-15H/q-3. The van der Waals surface area contributed by atoms with Crippen LogP contribution in [0.4, 0.5) is 0 Å². The van der Waals surface area contributed by atoms with Crippen LogP contribution in [0.25, 0.3) is 0 Å². The van der Waals surface area contributed by atoms with Crippen LogP contribution >= 0.6 is 0 Å². The fourth-order valence-electron chi connectivity index (χ4n) is 2.87. The summed E-state index contributed by atoms with van der Waals surface area (Å²) in [5, 5.41) is 0.585. The average molecular weight is 412 g/mol. The monoisotopic (exact) mass is 411 g/mol. The molecule has 3 aromatic rings. The van der Waals surface area contributed by atoms with Gasteiger partial charge < -0.3 is 26.7 Å². The van der Waals surface area contributed by atoms with Crippen molar-refractivity contribution < 1.29 is 26.7 Å². The molecule has 1 saturated heterocycles. The highest BCUT2D eigenvalue weighted by atomic mass is 28.5. The van der Waals surface area contributed by atoms with E-state index in [2.05, 4.69) is 0 Å². The zero-order chi connectivity index (χ0) is 19.0. The van der Waals surface area contributed by atoms with Crippen LogP contribution in [-0.4, -0.2) is 26.4 Å². The third-order valence-electron chi connectivity index (χ3n) is 4.19. The molecule has 1 fully saturated rings. The molecule has 0 aromatic heterocycles. The van der Waals surface area contributed by atoms with E-state index in [4.69, 9.17) is 12.3 Å². The lowest BCUT2D eigenvalue weighted by Gasteiger charge is -2.62. The summed E-state index contributed by atoms with van der Waals surface area (Å²) in [5.74, 6) is 0. The Morgan fingerprint density at radius 3 is 0.852 bits per heavy atom. The molecule has 0 saturated carbocycles. The zero-order valence-electron chi connectivity index (χ0n) is 14.1. The molecule has 4 rings (SSSR count). The molecule has 138 valence electrons. The highest BCUT2D eigenvalue weighted by molar-refractivity contribution is 6.98. The van der Waals surface area contributed by atoms with Gasteiger partial charge in [-0.15, -0.1) is 0 Å². The quantitative estimate of drug-likeness (QED) is 0.449. The van der Waals surface area contributed by atoms with Gasteiger partial charge in [0.15, 0.2) is 0 Å². The van der Waals surface area contributed by atoms with Crippen molar-refractivity contribution in [3.05, 3.63) is 91.0 Å². The molecule has 0 bridgehead atoms. The molecule has 6 nitrogen and oxygen atoms in total. The van der Waals surface area contributed by atoms with E-state index in [0.29, 0.717) is 0 Å². The normalized spacial score (nSPS) is 30.8. The Bertz CT molecular complexity index is 782. The van der Waals surface area contributed by atoms with E-state index in [9.17, 15) is 14.4 Å². The Kier molecular flexibility index (Phi) is 4.72. The first-order valence-corrected chi connectivity index (χ1v) is 13.5. The minimum absolute atomic E-state index is 0.195. The van der Waals surface area contributed by atoms with Crippen LogP contribution in [0.5, 0.6) is 0 Å². The van der Waals surface area contributed by atoms with Gasteiger partial charge in [-0.3, -0.25) is 0 Å². The third-order valence-corrected chi connectivity index (χ3v) is 13.8. The predicted octanol–water partition coefficient (Wildman–Crippen LogP) is -2.33. The molecule has 3 aromatic carbocycles.